The molecule has 0 radical (unpaired) electrons. The zero-order valence-corrected chi connectivity index (χ0v) is 7.86. The largest absolute Gasteiger partial charge is 0.479 e. The molecule has 0 aromatic carbocycles. The summed E-state index contributed by atoms with van der Waals surface area (Å²) in [5.74, 6) is 0.346. The second-order valence-electron chi connectivity index (χ2n) is 3.13. The number of hydrogen-bond acceptors (Lipinski definition) is 5. The van der Waals surface area contributed by atoms with Crippen LogP contribution in [0.5, 0.6) is 5.88 Å². The number of Topliss-reactive ketones (excluding diaryl/α,β-unsaturated/α-hetero) is 1. The predicted molar refractivity (Wildman–Crippen MR) is 49.3 cm³/mol. The number of methoxy groups -OCH3 is 1. The summed E-state index contributed by atoms with van der Waals surface area (Å²) in [7, 11) is 1.49. The van der Waals surface area contributed by atoms with Crippen LogP contribution in [0.2, 0.25) is 0 Å². The van der Waals surface area contributed by atoms with Gasteiger partial charge in [-0.05, 0) is 0 Å². The smallest absolute Gasteiger partial charge is 0.243 e. The van der Waals surface area contributed by atoms with Crippen molar-refractivity contribution in [3.63, 3.8) is 0 Å². The lowest BCUT2D eigenvalue weighted by atomic mass is 9.96. The van der Waals surface area contributed by atoms with E-state index in [1.807, 2.05) is 0 Å². The molecule has 5 heteroatoms. The quantitative estimate of drug-likeness (QED) is 0.678. The summed E-state index contributed by atoms with van der Waals surface area (Å²) < 4.78 is 4.97. The van der Waals surface area contributed by atoms with Crippen LogP contribution in [0.4, 0.5) is 0 Å². The van der Waals surface area contributed by atoms with E-state index in [2.05, 4.69) is 15.3 Å². The summed E-state index contributed by atoms with van der Waals surface area (Å²) in [6.07, 6.45) is 3.01. The summed E-state index contributed by atoms with van der Waals surface area (Å²) in [6, 6.07) is 0. The third-order valence-electron chi connectivity index (χ3n) is 2.24. The van der Waals surface area contributed by atoms with Gasteiger partial charge in [0.1, 0.15) is 0 Å². The van der Waals surface area contributed by atoms with Gasteiger partial charge in [0, 0.05) is 31.4 Å². The second kappa shape index (κ2) is 3.71. The topological polar surface area (TPSA) is 64.1 Å². The van der Waals surface area contributed by atoms with Gasteiger partial charge in [-0.3, -0.25) is 4.79 Å². The first-order valence-electron chi connectivity index (χ1n) is 4.43. The van der Waals surface area contributed by atoms with E-state index in [-0.39, 0.29) is 11.7 Å². The molecule has 2 heterocycles. The number of nitrogens with one attached hydrogen (secondary N) is 1. The maximum atomic E-state index is 11.8. The minimum atomic E-state index is 0.00806. The van der Waals surface area contributed by atoms with Gasteiger partial charge in [-0.1, -0.05) is 0 Å². The summed E-state index contributed by atoms with van der Waals surface area (Å²) in [6.45, 7) is 1.44. The number of ether oxygens (including phenoxy) is 1. The molecule has 0 atom stereocenters. The molecule has 1 aliphatic heterocycles. The Labute approximate surface area is 81.5 Å². The van der Waals surface area contributed by atoms with E-state index >= 15 is 0 Å². The van der Waals surface area contributed by atoms with Crippen molar-refractivity contribution in [2.45, 2.75) is 0 Å². The summed E-state index contributed by atoms with van der Waals surface area (Å²) >= 11 is 0. The highest BCUT2D eigenvalue weighted by atomic mass is 16.5. The Morgan fingerprint density at radius 2 is 2.21 bits per heavy atom. The molecule has 1 aromatic rings. The molecular weight excluding hydrogens is 182 g/mol. The number of rotatable bonds is 3. The SMILES string of the molecule is COc1nccnc1C(=O)C1CNC1. The van der Waals surface area contributed by atoms with Crippen molar-refractivity contribution in [1.29, 1.82) is 0 Å². The molecule has 1 fully saturated rings. The molecule has 1 saturated heterocycles. The van der Waals surface area contributed by atoms with Crippen LogP contribution < -0.4 is 10.1 Å². The fourth-order valence-corrected chi connectivity index (χ4v) is 1.31. The molecule has 0 aliphatic carbocycles. The van der Waals surface area contributed by atoms with E-state index in [9.17, 15) is 4.79 Å². The van der Waals surface area contributed by atoms with Crippen LogP contribution in [0.3, 0.4) is 0 Å². The van der Waals surface area contributed by atoms with Gasteiger partial charge in [-0.2, -0.15) is 0 Å². The van der Waals surface area contributed by atoms with Gasteiger partial charge in [0.25, 0.3) is 0 Å². The molecule has 0 saturated carbocycles. The lowest BCUT2D eigenvalue weighted by Gasteiger charge is -2.25. The predicted octanol–water partition coefficient (Wildman–Crippen LogP) is -0.113. The summed E-state index contributed by atoms with van der Waals surface area (Å²) in [5, 5.41) is 3.04. The third kappa shape index (κ3) is 1.46. The number of aromatic nitrogens is 2. The number of carbonyl (C=O) groups is 1. The molecule has 0 unspecified atom stereocenters. The highest BCUT2D eigenvalue weighted by Gasteiger charge is 2.29. The lowest BCUT2D eigenvalue weighted by molar-refractivity contribution is 0.0868. The Morgan fingerprint density at radius 1 is 1.50 bits per heavy atom. The third-order valence-corrected chi connectivity index (χ3v) is 2.24. The van der Waals surface area contributed by atoms with Gasteiger partial charge >= 0.3 is 0 Å². The molecule has 1 aliphatic rings. The molecule has 0 bridgehead atoms. The van der Waals surface area contributed by atoms with Crippen LogP contribution in [-0.4, -0.2) is 36.0 Å². The molecule has 1 aromatic heterocycles. The molecule has 5 nitrogen and oxygen atoms in total. The van der Waals surface area contributed by atoms with Gasteiger partial charge in [-0.15, -0.1) is 0 Å². The van der Waals surface area contributed by atoms with E-state index in [0.29, 0.717) is 11.6 Å². The average molecular weight is 193 g/mol. The number of ketones is 1. The van der Waals surface area contributed by atoms with Crippen LogP contribution >= 0.6 is 0 Å². The van der Waals surface area contributed by atoms with Crippen molar-refractivity contribution in [1.82, 2.24) is 15.3 Å². The van der Waals surface area contributed by atoms with Gasteiger partial charge in [-0.25, -0.2) is 9.97 Å². The zero-order chi connectivity index (χ0) is 9.97. The van der Waals surface area contributed by atoms with Gasteiger partial charge in [0.2, 0.25) is 5.88 Å². The Morgan fingerprint density at radius 3 is 2.79 bits per heavy atom. The van der Waals surface area contributed by atoms with Gasteiger partial charge < -0.3 is 10.1 Å². The van der Waals surface area contributed by atoms with Gasteiger partial charge in [0.15, 0.2) is 11.5 Å². The summed E-state index contributed by atoms with van der Waals surface area (Å²) in [5.41, 5.74) is 0.335. The highest BCUT2D eigenvalue weighted by molar-refractivity contribution is 5.98. The van der Waals surface area contributed by atoms with Crippen LogP contribution in [-0.2, 0) is 0 Å². The van der Waals surface area contributed by atoms with Crippen molar-refractivity contribution in [3.05, 3.63) is 18.1 Å². The molecule has 14 heavy (non-hydrogen) atoms. The Balaban J connectivity index is 2.25. The molecule has 0 amide bonds. The fraction of sp³-hybridized carbons (Fsp3) is 0.444. The average Bonchev–Trinajstić information content (AvgIpc) is 2.15. The first-order chi connectivity index (χ1) is 6.83. The minimum Gasteiger partial charge on any atom is -0.479 e. The molecule has 0 spiro atoms. The zero-order valence-electron chi connectivity index (χ0n) is 7.86. The van der Waals surface area contributed by atoms with E-state index in [0.717, 1.165) is 13.1 Å². The Kier molecular flexibility index (Phi) is 2.41. The van der Waals surface area contributed by atoms with Crippen molar-refractivity contribution in [3.8, 4) is 5.88 Å². The van der Waals surface area contributed by atoms with E-state index in [4.69, 9.17) is 4.74 Å². The van der Waals surface area contributed by atoms with Crippen LogP contribution in [0, 0.1) is 5.92 Å². The van der Waals surface area contributed by atoms with E-state index < -0.39 is 0 Å². The first kappa shape index (κ1) is 9.08. The van der Waals surface area contributed by atoms with Gasteiger partial charge in [0.05, 0.1) is 7.11 Å². The van der Waals surface area contributed by atoms with Crippen LogP contribution in [0.25, 0.3) is 0 Å². The molecule has 1 N–H and O–H groups in total. The second-order valence-corrected chi connectivity index (χ2v) is 3.13. The molecule has 74 valence electrons. The van der Waals surface area contributed by atoms with E-state index in [1.54, 1.807) is 0 Å². The lowest BCUT2D eigenvalue weighted by Crippen LogP contribution is -2.46. The van der Waals surface area contributed by atoms with Crippen molar-refractivity contribution in [2.24, 2.45) is 5.92 Å². The van der Waals surface area contributed by atoms with Crippen molar-refractivity contribution >= 4 is 5.78 Å². The Bertz CT molecular complexity index is 350. The molecule has 2 rings (SSSR count). The van der Waals surface area contributed by atoms with Crippen LogP contribution in [0.1, 0.15) is 10.5 Å². The maximum absolute atomic E-state index is 11.8. The normalized spacial score (nSPS) is 16.1. The van der Waals surface area contributed by atoms with Crippen LogP contribution in [0.15, 0.2) is 12.4 Å². The number of carbonyl (C=O) groups excluding carboxylic acids is 1. The summed E-state index contributed by atoms with van der Waals surface area (Å²) in [4.78, 5) is 19.7. The fourth-order valence-electron chi connectivity index (χ4n) is 1.31. The first-order valence-corrected chi connectivity index (χ1v) is 4.43. The number of nitrogens with zero attached hydrogens (tertiary/aromatic N) is 2. The highest BCUT2D eigenvalue weighted by Crippen LogP contribution is 2.17. The standard InChI is InChI=1S/C9H11N3O2/c1-14-9-7(11-2-3-12-9)8(13)6-4-10-5-6/h2-3,6,10H,4-5H2,1H3. The van der Waals surface area contributed by atoms with E-state index in [1.165, 1.54) is 19.5 Å². The number of hydrogen-bond donors (Lipinski definition) is 1. The van der Waals surface area contributed by atoms with Crippen molar-refractivity contribution < 1.29 is 9.53 Å². The monoisotopic (exact) mass is 193 g/mol. The Hall–Kier alpha value is -1.49. The maximum Gasteiger partial charge on any atom is 0.243 e. The minimum absolute atomic E-state index is 0.00806. The molecular formula is C9H11N3O2. The van der Waals surface area contributed by atoms with Crippen molar-refractivity contribution in [2.75, 3.05) is 20.2 Å².